The zero-order valence-electron chi connectivity index (χ0n) is 20.3. The summed E-state index contributed by atoms with van der Waals surface area (Å²) in [4.78, 5) is 13.7. The number of carbonyl (C=O) groups excluding carboxylic acids is 1. The second-order valence-corrected chi connectivity index (χ2v) is 9.02. The van der Waals surface area contributed by atoms with Crippen molar-refractivity contribution in [1.82, 2.24) is 0 Å². The van der Waals surface area contributed by atoms with E-state index in [9.17, 15) is 61.9 Å². The largest absolute Gasteiger partial charge is 0.464 e. The van der Waals surface area contributed by atoms with E-state index < -0.39 is 60.8 Å². The maximum atomic E-state index is 13.8. The first-order valence-corrected chi connectivity index (χ1v) is 11.9. The quantitative estimate of drug-likeness (QED) is 0.124. The molecule has 0 aromatic heterocycles. The maximum absolute atomic E-state index is 13.8. The lowest BCUT2D eigenvalue weighted by molar-refractivity contribution is -0.440. The standard InChI is InChI=1S/C21H21Cl2F13N2O2.ClH/c22-6-8-38(9-7-23)13-3-1-12(2-4-13)11-14(37)15(39)40-10-5-16(24,25)17(26,27)18(28,29)19(30,31)20(32,33)21(34,35)36;/h1-4,14H,5-11,37H2;1H/t14-;/m0./s1. The summed E-state index contributed by atoms with van der Waals surface area (Å²) in [6.07, 6.45) is -10.5. The van der Waals surface area contributed by atoms with Crippen LogP contribution in [0.25, 0.3) is 0 Å². The van der Waals surface area contributed by atoms with Crippen LogP contribution < -0.4 is 10.6 Å². The fourth-order valence-corrected chi connectivity index (χ4v) is 3.51. The fraction of sp³-hybridized carbons (Fsp3) is 0.667. The number of nitrogens with zero attached hydrogens (tertiary/aromatic N) is 1. The molecule has 4 nitrogen and oxygen atoms in total. The van der Waals surface area contributed by atoms with Crippen molar-refractivity contribution in [2.75, 3.05) is 36.4 Å². The van der Waals surface area contributed by atoms with Gasteiger partial charge in [-0.05, 0) is 24.1 Å². The van der Waals surface area contributed by atoms with E-state index in [4.69, 9.17) is 28.9 Å². The Morgan fingerprint density at radius 2 is 1.22 bits per heavy atom. The van der Waals surface area contributed by atoms with E-state index in [-0.39, 0.29) is 30.6 Å². The molecule has 2 N–H and O–H groups in total. The van der Waals surface area contributed by atoms with Crippen LogP contribution in [0.4, 0.5) is 62.8 Å². The highest BCUT2D eigenvalue weighted by Gasteiger charge is 2.90. The zero-order chi connectivity index (χ0) is 31.4. The van der Waals surface area contributed by atoms with E-state index in [0.29, 0.717) is 24.3 Å². The molecular formula is C21H22Cl3F13N2O2. The molecule has 1 atom stereocenters. The van der Waals surface area contributed by atoms with Gasteiger partial charge in [0.15, 0.2) is 0 Å². The van der Waals surface area contributed by atoms with Crippen LogP contribution in [0.2, 0.25) is 0 Å². The molecule has 0 bridgehead atoms. The van der Waals surface area contributed by atoms with E-state index in [1.807, 2.05) is 4.90 Å². The smallest absolute Gasteiger partial charge is 0.460 e. The van der Waals surface area contributed by atoms with Crippen molar-refractivity contribution in [2.45, 2.75) is 54.7 Å². The van der Waals surface area contributed by atoms with Crippen LogP contribution in [0.15, 0.2) is 24.3 Å². The van der Waals surface area contributed by atoms with E-state index in [1.54, 1.807) is 12.1 Å². The number of benzene rings is 1. The topological polar surface area (TPSA) is 55.6 Å². The number of hydrogen-bond acceptors (Lipinski definition) is 4. The van der Waals surface area contributed by atoms with Crippen LogP contribution in [0.3, 0.4) is 0 Å². The van der Waals surface area contributed by atoms with Gasteiger partial charge >= 0.3 is 41.8 Å². The summed E-state index contributed by atoms with van der Waals surface area (Å²) in [5.41, 5.74) is 6.59. The Bertz CT molecular complexity index is 974. The predicted molar refractivity (Wildman–Crippen MR) is 125 cm³/mol. The van der Waals surface area contributed by atoms with Gasteiger partial charge in [-0.25, -0.2) is 0 Å². The van der Waals surface area contributed by atoms with Crippen LogP contribution >= 0.6 is 35.6 Å². The van der Waals surface area contributed by atoms with E-state index in [0.717, 1.165) is 0 Å². The van der Waals surface area contributed by atoms with Gasteiger partial charge in [-0.2, -0.15) is 57.1 Å². The molecule has 0 amide bonds. The van der Waals surface area contributed by atoms with Crippen molar-refractivity contribution >= 4 is 47.3 Å². The third-order valence-corrected chi connectivity index (χ3v) is 5.77. The SMILES string of the molecule is Cl.N[C@@H](Cc1ccc(N(CCCl)CCCl)cc1)C(=O)OCCC(F)(F)C(F)(F)C(F)(F)C(F)(F)C(F)(F)C(F)(F)F. The summed E-state index contributed by atoms with van der Waals surface area (Å²) >= 11 is 11.4. The average Bonchev–Trinajstić information content (AvgIpc) is 2.83. The Morgan fingerprint density at radius 1 is 0.780 bits per heavy atom. The summed E-state index contributed by atoms with van der Waals surface area (Å²) < 4.78 is 175. The normalized spacial score (nSPS) is 14.3. The summed E-state index contributed by atoms with van der Waals surface area (Å²) in [5.74, 6) is -38.5. The number of anilines is 1. The van der Waals surface area contributed by atoms with Crippen LogP contribution in [0.1, 0.15) is 12.0 Å². The lowest BCUT2D eigenvalue weighted by Crippen LogP contribution is -2.70. The molecule has 0 saturated heterocycles. The molecule has 240 valence electrons. The Labute approximate surface area is 240 Å². The summed E-state index contributed by atoms with van der Waals surface area (Å²) in [7, 11) is 0. The van der Waals surface area contributed by atoms with E-state index in [1.165, 1.54) is 12.1 Å². The monoisotopic (exact) mass is 686 g/mol. The Kier molecular flexibility index (Phi) is 13.7. The second-order valence-electron chi connectivity index (χ2n) is 8.26. The third kappa shape index (κ3) is 8.28. The molecule has 0 aliphatic heterocycles. The van der Waals surface area contributed by atoms with Crippen molar-refractivity contribution in [2.24, 2.45) is 5.73 Å². The minimum Gasteiger partial charge on any atom is -0.464 e. The lowest BCUT2D eigenvalue weighted by atomic mass is 9.93. The molecule has 1 rings (SSSR count). The Balaban J connectivity index is 0.0000160. The highest BCUT2D eigenvalue weighted by molar-refractivity contribution is 6.18. The van der Waals surface area contributed by atoms with Crippen molar-refractivity contribution in [1.29, 1.82) is 0 Å². The first-order valence-electron chi connectivity index (χ1n) is 10.9. The van der Waals surface area contributed by atoms with Gasteiger partial charge in [-0.15, -0.1) is 35.6 Å². The van der Waals surface area contributed by atoms with Crippen LogP contribution in [0, 0.1) is 0 Å². The molecule has 20 heteroatoms. The molecular weight excluding hydrogens is 666 g/mol. The van der Waals surface area contributed by atoms with Gasteiger partial charge in [0, 0.05) is 30.5 Å². The Morgan fingerprint density at radius 3 is 1.63 bits per heavy atom. The predicted octanol–water partition coefficient (Wildman–Crippen LogP) is 6.93. The molecule has 0 heterocycles. The number of hydrogen-bond donors (Lipinski definition) is 1. The number of esters is 1. The number of nitrogens with two attached hydrogens (primary N) is 1. The first kappa shape index (κ1) is 39.4. The molecule has 0 aliphatic carbocycles. The number of halogens is 16. The molecule has 0 spiro atoms. The third-order valence-electron chi connectivity index (χ3n) is 5.43. The van der Waals surface area contributed by atoms with Gasteiger partial charge in [0.05, 0.1) is 13.0 Å². The van der Waals surface area contributed by atoms with Crippen LogP contribution in [-0.4, -0.2) is 79.3 Å². The van der Waals surface area contributed by atoms with Gasteiger partial charge in [-0.3, -0.25) is 4.79 Å². The van der Waals surface area contributed by atoms with Gasteiger partial charge in [-0.1, -0.05) is 12.1 Å². The Hall–Kier alpha value is -1.59. The first-order chi connectivity index (χ1) is 18.0. The number of alkyl halides is 15. The van der Waals surface area contributed by atoms with Crippen molar-refractivity contribution in [3.8, 4) is 0 Å². The van der Waals surface area contributed by atoms with Gasteiger partial charge < -0.3 is 15.4 Å². The molecule has 0 unspecified atom stereocenters. The highest BCUT2D eigenvalue weighted by atomic mass is 35.5. The fourth-order valence-electron chi connectivity index (χ4n) is 3.10. The number of carbonyl (C=O) groups is 1. The molecule has 0 aliphatic rings. The summed E-state index contributed by atoms with van der Waals surface area (Å²) in [6, 6.07) is 4.54. The van der Waals surface area contributed by atoms with Crippen LogP contribution in [-0.2, 0) is 16.0 Å². The molecule has 0 radical (unpaired) electrons. The van der Waals surface area contributed by atoms with Crippen LogP contribution in [0.5, 0.6) is 0 Å². The number of ether oxygens (including phenoxy) is 1. The minimum absolute atomic E-state index is 0. The maximum Gasteiger partial charge on any atom is 0.460 e. The summed E-state index contributed by atoms with van der Waals surface area (Å²) in [6.45, 7) is -0.980. The van der Waals surface area contributed by atoms with Gasteiger partial charge in [0.1, 0.15) is 6.04 Å². The van der Waals surface area contributed by atoms with E-state index >= 15 is 0 Å². The van der Waals surface area contributed by atoms with E-state index in [2.05, 4.69) is 4.74 Å². The molecule has 0 fully saturated rings. The van der Waals surface area contributed by atoms with Crippen molar-refractivity contribution < 1.29 is 66.6 Å². The lowest BCUT2D eigenvalue weighted by Gasteiger charge is -2.39. The zero-order valence-corrected chi connectivity index (χ0v) is 22.6. The molecule has 1 aromatic rings. The molecule has 41 heavy (non-hydrogen) atoms. The van der Waals surface area contributed by atoms with Crippen molar-refractivity contribution in [3.05, 3.63) is 29.8 Å². The van der Waals surface area contributed by atoms with Crippen molar-refractivity contribution in [3.63, 3.8) is 0 Å². The number of rotatable bonds is 15. The van der Waals surface area contributed by atoms with Gasteiger partial charge in [0.2, 0.25) is 0 Å². The highest BCUT2D eigenvalue weighted by Crippen LogP contribution is 2.60. The summed E-state index contributed by atoms with van der Waals surface area (Å²) in [5, 5.41) is 0. The van der Waals surface area contributed by atoms with Gasteiger partial charge in [0.25, 0.3) is 0 Å². The molecule has 0 saturated carbocycles. The minimum atomic E-state index is -8.00. The second kappa shape index (κ2) is 14.3. The molecule has 1 aromatic carbocycles. The average molecular weight is 688 g/mol.